The van der Waals surface area contributed by atoms with Crippen LogP contribution in [0.5, 0.6) is 0 Å². The van der Waals surface area contributed by atoms with Gasteiger partial charge in [-0.05, 0) is 31.4 Å². The van der Waals surface area contributed by atoms with Crippen molar-refractivity contribution >= 4 is 17.5 Å². The van der Waals surface area contributed by atoms with Crippen molar-refractivity contribution in [1.29, 1.82) is 0 Å². The average Bonchev–Trinajstić information content (AvgIpc) is 2.27. The molecule has 1 amide bonds. The van der Waals surface area contributed by atoms with Crippen LogP contribution in [0.15, 0.2) is 18.2 Å². The van der Waals surface area contributed by atoms with Crippen molar-refractivity contribution in [3.05, 3.63) is 34.6 Å². The molecule has 0 spiro atoms. The third-order valence-corrected chi connectivity index (χ3v) is 3.53. The fourth-order valence-corrected chi connectivity index (χ4v) is 2.05. The fourth-order valence-electron chi connectivity index (χ4n) is 1.84. The van der Waals surface area contributed by atoms with Crippen LogP contribution in [0.25, 0.3) is 0 Å². The highest BCUT2D eigenvalue weighted by Crippen LogP contribution is 2.28. The van der Waals surface area contributed by atoms with Gasteiger partial charge in [0.05, 0.1) is 10.6 Å². The highest BCUT2D eigenvalue weighted by molar-refractivity contribution is 6.34. The van der Waals surface area contributed by atoms with Crippen LogP contribution in [0, 0.1) is 5.82 Å². The molecular formula is C12H14ClFN2O. The van der Waals surface area contributed by atoms with Gasteiger partial charge in [-0.3, -0.25) is 4.79 Å². The fraction of sp³-hybridized carbons (Fsp3) is 0.417. The molecule has 3 nitrogen and oxygen atoms in total. The molecule has 92 valence electrons. The van der Waals surface area contributed by atoms with E-state index >= 15 is 0 Å². The second-order valence-electron chi connectivity index (χ2n) is 4.50. The van der Waals surface area contributed by atoms with Crippen molar-refractivity contribution in [2.75, 3.05) is 6.54 Å². The number of hydrogen-bond donors (Lipinski definition) is 2. The Labute approximate surface area is 104 Å². The molecule has 0 saturated heterocycles. The second-order valence-corrected chi connectivity index (χ2v) is 4.88. The minimum atomic E-state index is -0.592. The monoisotopic (exact) mass is 256 g/mol. The molecular weight excluding hydrogens is 243 g/mol. The Morgan fingerprint density at radius 2 is 2.24 bits per heavy atom. The standard InChI is InChI=1S/C12H14ClFN2O/c13-10-8(3-1-4-9(10)14)11(17)16-7-12(15)5-2-6-12/h1,3-4H,2,5-7,15H2,(H,16,17). The first-order chi connectivity index (χ1) is 8.02. The van der Waals surface area contributed by atoms with Crippen LogP contribution in [0.1, 0.15) is 29.6 Å². The summed E-state index contributed by atoms with van der Waals surface area (Å²) in [5, 5.41) is 2.55. The quantitative estimate of drug-likeness (QED) is 0.870. The number of halogens is 2. The zero-order chi connectivity index (χ0) is 12.5. The van der Waals surface area contributed by atoms with Crippen LogP contribution < -0.4 is 11.1 Å². The van der Waals surface area contributed by atoms with E-state index in [9.17, 15) is 9.18 Å². The molecule has 1 fully saturated rings. The van der Waals surface area contributed by atoms with Gasteiger partial charge in [0, 0.05) is 12.1 Å². The summed E-state index contributed by atoms with van der Waals surface area (Å²) < 4.78 is 13.2. The summed E-state index contributed by atoms with van der Waals surface area (Å²) in [5.74, 6) is -0.975. The molecule has 1 aromatic rings. The van der Waals surface area contributed by atoms with Crippen molar-refractivity contribution in [3.63, 3.8) is 0 Å². The van der Waals surface area contributed by atoms with E-state index in [0.29, 0.717) is 6.54 Å². The third-order valence-electron chi connectivity index (χ3n) is 3.15. The lowest BCUT2D eigenvalue weighted by Gasteiger charge is -2.38. The Morgan fingerprint density at radius 1 is 1.53 bits per heavy atom. The van der Waals surface area contributed by atoms with Crippen LogP contribution in [-0.2, 0) is 0 Å². The van der Waals surface area contributed by atoms with Crippen LogP contribution in [0.3, 0.4) is 0 Å². The molecule has 1 aliphatic rings. The molecule has 0 aliphatic heterocycles. The van der Waals surface area contributed by atoms with Gasteiger partial charge in [-0.2, -0.15) is 0 Å². The van der Waals surface area contributed by atoms with Gasteiger partial charge < -0.3 is 11.1 Å². The van der Waals surface area contributed by atoms with Gasteiger partial charge in [0.25, 0.3) is 5.91 Å². The SMILES string of the molecule is NC1(CNC(=O)c2cccc(F)c2Cl)CCC1. The highest BCUT2D eigenvalue weighted by Gasteiger charge is 2.32. The Morgan fingerprint density at radius 3 is 2.82 bits per heavy atom. The number of carbonyl (C=O) groups excluding carboxylic acids is 1. The zero-order valence-electron chi connectivity index (χ0n) is 9.30. The smallest absolute Gasteiger partial charge is 0.252 e. The molecule has 1 aliphatic carbocycles. The van der Waals surface area contributed by atoms with Gasteiger partial charge in [0.1, 0.15) is 5.82 Å². The number of nitrogens with two attached hydrogens (primary N) is 1. The molecule has 1 aromatic carbocycles. The first-order valence-corrected chi connectivity index (χ1v) is 5.91. The van der Waals surface area contributed by atoms with Crippen molar-refractivity contribution < 1.29 is 9.18 Å². The molecule has 1 saturated carbocycles. The van der Waals surface area contributed by atoms with Crippen LogP contribution in [-0.4, -0.2) is 18.0 Å². The van der Waals surface area contributed by atoms with E-state index in [1.54, 1.807) is 0 Å². The van der Waals surface area contributed by atoms with Gasteiger partial charge in [-0.25, -0.2) is 4.39 Å². The van der Waals surface area contributed by atoms with E-state index in [0.717, 1.165) is 19.3 Å². The molecule has 2 rings (SSSR count). The highest BCUT2D eigenvalue weighted by atomic mass is 35.5. The van der Waals surface area contributed by atoms with Crippen LogP contribution in [0.4, 0.5) is 4.39 Å². The molecule has 0 unspecified atom stereocenters. The Kier molecular flexibility index (Phi) is 3.35. The second kappa shape index (κ2) is 4.63. The van der Waals surface area contributed by atoms with Crippen LogP contribution in [0.2, 0.25) is 5.02 Å². The van der Waals surface area contributed by atoms with E-state index in [-0.39, 0.29) is 22.0 Å². The summed E-state index contributed by atoms with van der Waals surface area (Å²) in [4.78, 5) is 11.8. The number of hydrogen-bond acceptors (Lipinski definition) is 2. The Hall–Kier alpha value is -1.13. The van der Waals surface area contributed by atoms with Gasteiger partial charge in [0.15, 0.2) is 0 Å². The number of amides is 1. The maximum absolute atomic E-state index is 13.2. The summed E-state index contributed by atoms with van der Waals surface area (Å²) in [6.45, 7) is 0.401. The number of benzene rings is 1. The minimum Gasteiger partial charge on any atom is -0.350 e. The van der Waals surface area contributed by atoms with E-state index in [4.69, 9.17) is 17.3 Å². The minimum absolute atomic E-state index is 0.148. The molecule has 0 atom stereocenters. The van der Waals surface area contributed by atoms with Crippen LogP contribution >= 0.6 is 11.6 Å². The summed E-state index contributed by atoms with van der Waals surface area (Å²) in [5.41, 5.74) is 5.83. The van der Waals surface area contributed by atoms with Gasteiger partial charge in [0.2, 0.25) is 0 Å². The molecule has 0 bridgehead atoms. The summed E-state index contributed by atoms with van der Waals surface area (Å²) in [6, 6.07) is 4.16. The lowest BCUT2D eigenvalue weighted by molar-refractivity contribution is 0.0929. The molecule has 0 heterocycles. The van der Waals surface area contributed by atoms with Crippen molar-refractivity contribution in [3.8, 4) is 0 Å². The van der Waals surface area contributed by atoms with Gasteiger partial charge in [-0.1, -0.05) is 17.7 Å². The topological polar surface area (TPSA) is 55.1 Å². The van der Waals surface area contributed by atoms with Crippen molar-refractivity contribution in [1.82, 2.24) is 5.32 Å². The third kappa shape index (κ3) is 2.58. The van der Waals surface area contributed by atoms with Gasteiger partial charge in [-0.15, -0.1) is 0 Å². The summed E-state index contributed by atoms with van der Waals surface area (Å²) in [6.07, 6.45) is 2.90. The normalized spacial score (nSPS) is 17.4. The van der Waals surface area contributed by atoms with Crippen molar-refractivity contribution in [2.24, 2.45) is 5.73 Å². The predicted octanol–water partition coefficient (Wildman–Crippen LogP) is 2.09. The first kappa shape index (κ1) is 12.3. The number of nitrogens with one attached hydrogen (secondary N) is 1. The molecule has 0 radical (unpaired) electrons. The molecule has 5 heteroatoms. The molecule has 17 heavy (non-hydrogen) atoms. The van der Waals surface area contributed by atoms with E-state index in [1.807, 2.05) is 0 Å². The largest absolute Gasteiger partial charge is 0.350 e. The van der Waals surface area contributed by atoms with E-state index < -0.39 is 5.82 Å². The zero-order valence-corrected chi connectivity index (χ0v) is 10.1. The first-order valence-electron chi connectivity index (χ1n) is 5.53. The average molecular weight is 257 g/mol. The number of carbonyl (C=O) groups is 1. The predicted molar refractivity (Wildman–Crippen MR) is 64.5 cm³/mol. The van der Waals surface area contributed by atoms with Gasteiger partial charge >= 0.3 is 0 Å². The number of rotatable bonds is 3. The summed E-state index contributed by atoms with van der Waals surface area (Å²) >= 11 is 5.72. The molecule has 3 N–H and O–H groups in total. The van der Waals surface area contributed by atoms with E-state index in [2.05, 4.69) is 5.32 Å². The Balaban J connectivity index is 2.02. The van der Waals surface area contributed by atoms with Crippen molar-refractivity contribution in [2.45, 2.75) is 24.8 Å². The maximum Gasteiger partial charge on any atom is 0.252 e. The van der Waals surface area contributed by atoms with E-state index in [1.165, 1.54) is 18.2 Å². The lowest BCUT2D eigenvalue weighted by Crippen LogP contribution is -2.54. The Bertz CT molecular complexity index is 446. The summed E-state index contributed by atoms with van der Waals surface area (Å²) in [7, 11) is 0. The maximum atomic E-state index is 13.2. The lowest BCUT2D eigenvalue weighted by atomic mass is 9.78. The molecule has 0 aromatic heterocycles.